The highest BCUT2D eigenvalue weighted by Crippen LogP contribution is 2.27. The number of likely N-dealkylation sites (tertiary alicyclic amines) is 1. The van der Waals surface area contributed by atoms with Crippen molar-refractivity contribution >= 4 is 22.8 Å². The predicted molar refractivity (Wildman–Crippen MR) is 70.3 cm³/mol. The molecule has 110 valence electrons. The first-order chi connectivity index (χ1) is 9.99. The van der Waals surface area contributed by atoms with Gasteiger partial charge in [0.1, 0.15) is 0 Å². The van der Waals surface area contributed by atoms with Crippen LogP contribution in [0.2, 0.25) is 0 Å². The van der Waals surface area contributed by atoms with E-state index in [1.54, 1.807) is 0 Å². The Morgan fingerprint density at radius 3 is 2.71 bits per heavy atom. The number of hydrogen-bond acceptors (Lipinski definition) is 2. The Balaban J connectivity index is 2.02. The van der Waals surface area contributed by atoms with Gasteiger partial charge >= 0.3 is 6.09 Å². The summed E-state index contributed by atoms with van der Waals surface area (Å²) in [4.78, 5) is 27.4. The van der Waals surface area contributed by atoms with Gasteiger partial charge in [0, 0.05) is 35.3 Å². The molecule has 1 amide bonds. The van der Waals surface area contributed by atoms with Crippen molar-refractivity contribution in [3.63, 3.8) is 0 Å². The first kappa shape index (κ1) is 13.5. The molecule has 1 fully saturated rings. The molecule has 0 radical (unpaired) electrons. The van der Waals surface area contributed by atoms with Crippen LogP contribution in [0.3, 0.4) is 0 Å². The molecule has 0 saturated carbocycles. The summed E-state index contributed by atoms with van der Waals surface area (Å²) >= 11 is 0. The molecule has 0 aliphatic carbocycles. The van der Waals surface area contributed by atoms with Gasteiger partial charge in [-0.1, -0.05) is 0 Å². The van der Waals surface area contributed by atoms with E-state index in [4.69, 9.17) is 5.11 Å². The second kappa shape index (κ2) is 4.83. The monoisotopic (exact) mass is 294 g/mol. The Kier molecular flexibility index (Phi) is 3.12. The lowest BCUT2D eigenvalue weighted by Gasteiger charge is -2.19. The number of fused-ring (bicyclic) bond motifs is 1. The predicted octanol–water partition coefficient (Wildman–Crippen LogP) is 2.77. The van der Waals surface area contributed by atoms with Crippen molar-refractivity contribution < 1.29 is 23.5 Å². The fourth-order valence-electron chi connectivity index (χ4n) is 2.77. The third-order valence-corrected chi connectivity index (χ3v) is 3.79. The number of Topliss-reactive ketones (excluding diaryl/α,β-unsaturated/α-hetero) is 1. The molecule has 1 saturated heterocycles. The van der Waals surface area contributed by atoms with Gasteiger partial charge in [-0.25, -0.2) is 13.6 Å². The summed E-state index contributed by atoms with van der Waals surface area (Å²) in [6.45, 7) is 0.303. The fraction of sp³-hybridized carbons (Fsp3) is 0.286. The number of carbonyl (C=O) groups is 2. The number of benzene rings is 1. The van der Waals surface area contributed by atoms with Crippen molar-refractivity contribution in [1.29, 1.82) is 0 Å². The average Bonchev–Trinajstić information content (AvgIpc) is 3.05. The molecule has 0 bridgehead atoms. The van der Waals surface area contributed by atoms with E-state index in [0.29, 0.717) is 24.9 Å². The molecule has 21 heavy (non-hydrogen) atoms. The highest BCUT2D eigenvalue weighted by Gasteiger charge is 2.35. The quantitative estimate of drug-likeness (QED) is 0.836. The van der Waals surface area contributed by atoms with Crippen LogP contribution in [0.15, 0.2) is 18.3 Å². The van der Waals surface area contributed by atoms with E-state index in [0.717, 1.165) is 17.0 Å². The molecular weight excluding hydrogens is 282 g/mol. The maximum Gasteiger partial charge on any atom is 0.407 e. The Morgan fingerprint density at radius 1 is 1.29 bits per heavy atom. The number of nitrogens with one attached hydrogen (secondary N) is 1. The Hall–Kier alpha value is -2.44. The number of aromatic amines is 1. The van der Waals surface area contributed by atoms with E-state index < -0.39 is 29.6 Å². The van der Waals surface area contributed by atoms with Gasteiger partial charge in [0.05, 0.1) is 6.04 Å². The highest BCUT2D eigenvalue weighted by molar-refractivity contribution is 6.11. The minimum atomic E-state index is -1.15. The van der Waals surface area contributed by atoms with E-state index in [1.807, 2.05) is 0 Å². The van der Waals surface area contributed by atoms with Crippen molar-refractivity contribution in [2.45, 2.75) is 18.9 Å². The van der Waals surface area contributed by atoms with E-state index in [9.17, 15) is 18.4 Å². The lowest BCUT2D eigenvalue weighted by molar-refractivity contribution is 0.0846. The van der Waals surface area contributed by atoms with Crippen molar-refractivity contribution in [3.05, 3.63) is 35.5 Å². The minimum absolute atomic E-state index is 0.182. The molecule has 1 aromatic heterocycles. The molecule has 2 N–H and O–H groups in total. The normalized spacial score (nSPS) is 18.4. The minimum Gasteiger partial charge on any atom is -0.465 e. The van der Waals surface area contributed by atoms with E-state index in [1.165, 1.54) is 6.20 Å². The molecule has 1 aliphatic rings. The molecule has 5 nitrogen and oxygen atoms in total. The van der Waals surface area contributed by atoms with E-state index in [2.05, 4.69) is 4.98 Å². The van der Waals surface area contributed by atoms with Crippen LogP contribution in [0.5, 0.6) is 0 Å². The number of rotatable bonds is 2. The van der Waals surface area contributed by atoms with Crippen LogP contribution in [-0.2, 0) is 0 Å². The largest absolute Gasteiger partial charge is 0.465 e. The van der Waals surface area contributed by atoms with Crippen LogP contribution < -0.4 is 0 Å². The maximum atomic E-state index is 13.3. The first-order valence-corrected chi connectivity index (χ1v) is 6.49. The zero-order chi connectivity index (χ0) is 15.1. The van der Waals surface area contributed by atoms with Crippen molar-refractivity contribution in [1.82, 2.24) is 9.88 Å². The number of H-pyrrole nitrogens is 1. The van der Waals surface area contributed by atoms with Gasteiger partial charge in [0.15, 0.2) is 17.4 Å². The summed E-state index contributed by atoms with van der Waals surface area (Å²) in [5.41, 5.74) is 0.485. The molecule has 1 aliphatic heterocycles. The third-order valence-electron chi connectivity index (χ3n) is 3.79. The SMILES string of the molecule is O=C(c1c[nH]c2cc(F)c(F)cc12)[C@H]1CCCN1C(=O)O. The van der Waals surface area contributed by atoms with Gasteiger partial charge in [-0.3, -0.25) is 9.69 Å². The van der Waals surface area contributed by atoms with Crippen molar-refractivity contribution in [3.8, 4) is 0 Å². The van der Waals surface area contributed by atoms with Crippen LogP contribution in [0.1, 0.15) is 23.2 Å². The summed E-state index contributed by atoms with van der Waals surface area (Å²) in [7, 11) is 0. The summed E-state index contributed by atoms with van der Waals surface area (Å²) in [6, 6.07) is 1.16. The number of hydrogen-bond donors (Lipinski definition) is 2. The van der Waals surface area contributed by atoms with Gasteiger partial charge in [0.2, 0.25) is 0 Å². The second-order valence-corrected chi connectivity index (χ2v) is 5.01. The first-order valence-electron chi connectivity index (χ1n) is 6.49. The average molecular weight is 294 g/mol. The van der Waals surface area contributed by atoms with Gasteiger partial charge in [-0.15, -0.1) is 0 Å². The van der Waals surface area contributed by atoms with Crippen molar-refractivity contribution in [2.75, 3.05) is 6.54 Å². The summed E-state index contributed by atoms with van der Waals surface area (Å²) in [6.07, 6.45) is 1.25. The lowest BCUT2D eigenvalue weighted by atomic mass is 10.0. The standard InChI is InChI=1S/C14H12F2N2O3/c15-9-4-7-8(6-17-11(7)5-10(9)16)13(19)12-2-1-3-18(12)14(20)21/h4-6,12,17H,1-3H2,(H,20,21)/t12-/m1/s1. The smallest absolute Gasteiger partial charge is 0.407 e. The Bertz CT molecular complexity index is 741. The molecule has 0 spiro atoms. The van der Waals surface area contributed by atoms with Gasteiger partial charge < -0.3 is 10.1 Å². The molecule has 0 unspecified atom stereocenters. The third kappa shape index (κ3) is 2.14. The number of nitrogens with zero attached hydrogens (tertiary/aromatic N) is 1. The number of halogens is 2. The van der Waals surface area contributed by atoms with E-state index in [-0.39, 0.29) is 10.9 Å². The van der Waals surface area contributed by atoms with Gasteiger partial charge in [-0.2, -0.15) is 0 Å². The van der Waals surface area contributed by atoms with Gasteiger partial charge in [-0.05, 0) is 18.9 Å². The summed E-state index contributed by atoms with van der Waals surface area (Å²) in [5, 5.41) is 9.34. The molecular formula is C14H12F2N2O3. The number of amides is 1. The second-order valence-electron chi connectivity index (χ2n) is 5.01. The number of carbonyl (C=O) groups excluding carboxylic acids is 1. The van der Waals surface area contributed by atoms with Crippen LogP contribution >= 0.6 is 0 Å². The van der Waals surface area contributed by atoms with Gasteiger partial charge in [0.25, 0.3) is 0 Å². The molecule has 2 aromatic rings. The summed E-state index contributed by atoms with van der Waals surface area (Å²) in [5.74, 6) is -2.44. The molecule has 1 atom stereocenters. The molecule has 1 aromatic carbocycles. The topological polar surface area (TPSA) is 73.4 Å². The van der Waals surface area contributed by atoms with Crippen LogP contribution in [0.4, 0.5) is 13.6 Å². The Labute approximate surface area is 118 Å². The number of carboxylic acid groups (broad SMARTS) is 1. The summed E-state index contributed by atoms with van der Waals surface area (Å²) < 4.78 is 26.5. The fourth-order valence-corrected chi connectivity index (χ4v) is 2.77. The Morgan fingerprint density at radius 2 is 2.00 bits per heavy atom. The zero-order valence-corrected chi connectivity index (χ0v) is 10.9. The van der Waals surface area contributed by atoms with E-state index >= 15 is 0 Å². The number of aromatic nitrogens is 1. The highest BCUT2D eigenvalue weighted by atomic mass is 19.2. The van der Waals surface area contributed by atoms with Crippen LogP contribution in [0.25, 0.3) is 10.9 Å². The van der Waals surface area contributed by atoms with Crippen LogP contribution in [0, 0.1) is 11.6 Å². The van der Waals surface area contributed by atoms with Crippen LogP contribution in [-0.4, -0.2) is 39.5 Å². The molecule has 7 heteroatoms. The maximum absolute atomic E-state index is 13.3. The molecule has 2 heterocycles. The molecule has 3 rings (SSSR count). The zero-order valence-electron chi connectivity index (χ0n) is 10.9. The lowest BCUT2D eigenvalue weighted by Crippen LogP contribution is -2.39. The number of ketones is 1. The van der Waals surface area contributed by atoms with Crippen molar-refractivity contribution in [2.24, 2.45) is 0 Å².